The molecule has 0 radical (unpaired) electrons. The summed E-state index contributed by atoms with van der Waals surface area (Å²) in [5, 5.41) is 14.6. The molecule has 0 aliphatic carbocycles. The topological polar surface area (TPSA) is 69.1 Å². The molecule has 1 rings (SSSR count). The van der Waals surface area contributed by atoms with E-state index in [-0.39, 0.29) is 0 Å². The van der Waals surface area contributed by atoms with Crippen molar-refractivity contribution in [3.8, 4) is 0 Å². The zero-order chi connectivity index (χ0) is 9.61. The first kappa shape index (κ1) is 11.0. The highest BCUT2D eigenvalue weighted by molar-refractivity contribution is 6.43. The maximum Gasteiger partial charge on any atom is 0.573 e. The number of halogens is 3. The van der Waals surface area contributed by atoms with E-state index in [0.717, 1.165) is 0 Å². The van der Waals surface area contributed by atoms with Crippen LogP contribution in [-0.4, -0.2) is 33.2 Å². The number of aromatic nitrogens is 2. The molecule has 0 aliphatic rings. The predicted molar refractivity (Wildman–Crippen MR) is 34.8 cm³/mol. The Kier molecular flexibility index (Phi) is 4.38. The second-order valence-corrected chi connectivity index (χ2v) is 1.68. The highest BCUT2D eigenvalue weighted by Gasteiger charge is 2.43. The molecule has 0 spiro atoms. The van der Waals surface area contributed by atoms with E-state index >= 15 is 0 Å². The molecule has 0 fully saturated rings. The molecule has 1 aromatic rings. The summed E-state index contributed by atoms with van der Waals surface area (Å²) in [5.41, 5.74) is 0. The van der Waals surface area contributed by atoms with Crippen LogP contribution in [0.1, 0.15) is 0 Å². The molecule has 12 heavy (non-hydrogen) atoms. The lowest BCUT2D eigenvalue weighted by Crippen LogP contribution is -2.33. The minimum Gasteiger partial charge on any atom is -0.421 e. The Balaban J connectivity index is 0.000000211. The van der Waals surface area contributed by atoms with Crippen LogP contribution < -0.4 is 0 Å². The summed E-state index contributed by atoms with van der Waals surface area (Å²) in [4.78, 5) is 6.42. The van der Waals surface area contributed by atoms with Crippen molar-refractivity contribution in [1.29, 1.82) is 0 Å². The summed E-state index contributed by atoms with van der Waals surface area (Å²) in [6.45, 7) is 0. The van der Waals surface area contributed by atoms with Gasteiger partial charge in [0.15, 0.2) is 0 Å². The van der Waals surface area contributed by atoms with Gasteiger partial charge in [0, 0.05) is 12.4 Å². The van der Waals surface area contributed by atoms with Crippen LogP contribution in [-0.2, 0) is 0 Å². The highest BCUT2D eigenvalue weighted by atomic mass is 19.4. The molecule has 4 nitrogen and oxygen atoms in total. The fourth-order valence-corrected chi connectivity index (χ4v) is 0.215. The fraction of sp³-hybridized carbons (Fsp3) is 0.250. The van der Waals surface area contributed by atoms with Gasteiger partial charge >= 0.3 is 13.2 Å². The van der Waals surface area contributed by atoms with Crippen molar-refractivity contribution >= 4 is 7.12 Å². The first-order chi connectivity index (χ1) is 5.44. The monoisotopic (exact) mass is 182 g/mol. The minimum absolute atomic E-state index is 1.62. The lowest BCUT2D eigenvalue weighted by molar-refractivity contribution is -0.0760. The average Bonchev–Trinajstić information content (AvgIpc) is 2.39. The van der Waals surface area contributed by atoms with Crippen LogP contribution in [0.25, 0.3) is 0 Å². The zero-order valence-electron chi connectivity index (χ0n) is 5.78. The summed E-state index contributed by atoms with van der Waals surface area (Å²) in [6, 6.07) is 0. The van der Waals surface area contributed by atoms with Crippen LogP contribution in [0.3, 0.4) is 0 Å². The van der Waals surface area contributed by atoms with Crippen molar-refractivity contribution in [2.45, 2.75) is 6.08 Å². The summed E-state index contributed by atoms with van der Waals surface area (Å²) >= 11 is 0. The van der Waals surface area contributed by atoms with Gasteiger partial charge in [-0.1, -0.05) is 0 Å². The number of imidazole rings is 1. The first-order valence-corrected chi connectivity index (χ1v) is 2.80. The van der Waals surface area contributed by atoms with E-state index in [4.69, 9.17) is 10.0 Å². The van der Waals surface area contributed by atoms with Crippen molar-refractivity contribution in [3.63, 3.8) is 0 Å². The second kappa shape index (κ2) is 4.78. The lowest BCUT2D eigenvalue weighted by Gasteiger charge is -2.00. The molecule has 68 valence electrons. The van der Waals surface area contributed by atoms with Crippen LogP contribution in [0.4, 0.5) is 13.2 Å². The molecule has 0 saturated heterocycles. The Labute approximate surface area is 66.2 Å². The Morgan fingerprint density at radius 3 is 1.92 bits per heavy atom. The van der Waals surface area contributed by atoms with Gasteiger partial charge < -0.3 is 15.0 Å². The summed E-state index contributed by atoms with van der Waals surface area (Å²) in [7, 11) is -3.20. The molecular formula is C4H6BF3N2O2. The predicted octanol–water partition coefficient (Wildman–Crippen LogP) is -0.0296. The summed E-state index contributed by atoms with van der Waals surface area (Å²) < 4.78 is 32.0. The van der Waals surface area contributed by atoms with Gasteiger partial charge in [-0.15, -0.1) is 0 Å². The van der Waals surface area contributed by atoms with Crippen molar-refractivity contribution in [1.82, 2.24) is 9.97 Å². The van der Waals surface area contributed by atoms with Crippen molar-refractivity contribution in [2.75, 3.05) is 0 Å². The zero-order valence-corrected chi connectivity index (χ0v) is 5.78. The van der Waals surface area contributed by atoms with E-state index in [9.17, 15) is 13.2 Å². The van der Waals surface area contributed by atoms with Gasteiger partial charge in [0.25, 0.3) is 0 Å². The van der Waals surface area contributed by atoms with Crippen molar-refractivity contribution in [2.24, 2.45) is 0 Å². The van der Waals surface area contributed by atoms with Crippen LogP contribution in [0.5, 0.6) is 0 Å². The maximum atomic E-state index is 10.7. The smallest absolute Gasteiger partial charge is 0.421 e. The second-order valence-electron chi connectivity index (χ2n) is 1.68. The molecule has 0 atom stereocenters. The average molecular weight is 182 g/mol. The number of nitrogens with one attached hydrogen (secondary N) is 1. The number of hydrogen-bond donors (Lipinski definition) is 3. The standard InChI is InChI=1S/C3H4N2.CH2BF3O2/c1-2-5-3-4-1;3-1(4,5)2(6)7/h1-3H,(H,4,5);6-7H. The molecule has 0 unspecified atom stereocenters. The molecule has 0 aromatic carbocycles. The number of aromatic amines is 1. The number of H-pyrrole nitrogens is 1. The number of alkyl halides is 3. The number of rotatable bonds is 0. The van der Waals surface area contributed by atoms with Gasteiger partial charge in [0.05, 0.1) is 6.33 Å². The van der Waals surface area contributed by atoms with Crippen LogP contribution in [0, 0.1) is 0 Å². The van der Waals surface area contributed by atoms with E-state index in [1.54, 1.807) is 18.7 Å². The van der Waals surface area contributed by atoms with Crippen LogP contribution in [0.15, 0.2) is 18.7 Å². The largest absolute Gasteiger partial charge is 0.573 e. The van der Waals surface area contributed by atoms with E-state index < -0.39 is 13.2 Å². The molecule has 3 N–H and O–H groups in total. The third kappa shape index (κ3) is 5.75. The van der Waals surface area contributed by atoms with E-state index in [1.807, 2.05) is 0 Å². The number of hydrogen-bond acceptors (Lipinski definition) is 3. The van der Waals surface area contributed by atoms with Gasteiger partial charge in [-0.25, -0.2) is 4.98 Å². The third-order valence-electron chi connectivity index (χ3n) is 0.699. The van der Waals surface area contributed by atoms with E-state index in [0.29, 0.717) is 0 Å². The SMILES string of the molecule is OB(O)C(F)(F)F.c1c[nH]cn1. The van der Waals surface area contributed by atoms with Gasteiger partial charge in [-0.3, -0.25) is 0 Å². The van der Waals surface area contributed by atoms with Crippen molar-refractivity contribution < 1.29 is 23.2 Å². The molecule has 8 heteroatoms. The third-order valence-corrected chi connectivity index (χ3v) is 0.699. The van der Waals surface area contributed by atoms with Gasteiger partial charge in [-0.05, 0) is 0 Å². The van der Waals surface area contributed by atoms with E-state index in [2.05, 4.69) is 9.97 Å². The quantitative estimate of drug-likeness (QED) is 0.493. The molecule has 0 bridgehead atoms. The van der Waals surface area contributed by atoms with Gasteiger partial charge in [0.2, 0.25) is 0 Å². The fourth-order valence-electron chi connectivity index (χ4n) is 0.215. The van der Waals surface area contributed by atoms with Gasteiger partial charge in [-0.2, -0.15) is 13.2 Å². The number of nitrogens with zero attached hydrogens (tertiary/aromatic N) is 1. The van der Waals surface area contributed by atoms with Gasteiger partial charge in [0.1, 0.15) is 0 Å². The molecule has 1 aromatic heterocycles. The Bertz CT molecular complexity index is 171. The maximum absolute atomic E-state index is 10.7. The molecule has 0 amide bonds. The summed E-state index contributed by atoms with van der Waals surface area (Å²) in [6.07, 6.45) is 0.194. The molecule has 0 saturated carbocycles. The molecule has 1 heterocycles. The minimum atomic E-state index is -4.89. The highest BCUT2D eigenvalue weighted by Crippen LogP contribution is 2.14. The normalized spacial score (nSPS) is 10.1. The van der Waals surface area contributed by atoms with Crippen LogP contribution >= 0.6 is 0 Å². The molecule has 0 aliphatic heterocycles. The Hall–Kier alpha value is -1.02. The first-order valence-electron chi connectivity index (χ1n) is 2.80. The lowest BCUT2D eigenvalue weighted by atomic mass is 9.92. The Morgan fingerprint density at radius 1 is 1.33 bits per heavy atom. The van der Waals surface area contributed by atoms with Crippen molar-refractivity contribution in [3.05, 3.63) is 18.7 Å². The Morgan fingerprint density at radius 2 is 1.83 bits per heavy atom. The van der Waals surface area contributed by atoms with Crippen LogP contribution in [0.2, 0.25) is 0 Å². The summed E-state index contributed by atoms with van der Waals surface area (Å²) in [5.74, 6) is 0. The van der Waals surface area contributed by atoms with E-state index in [1.165, 1.54) is 0 Å². The molecular weight excluding hydrogens is 176 g/mol.